The van der Waals surface area contributed by atoms with Crippen molar-refractivity contribution in [3.05, 3.63) is 64.7 Å². The molecule has 0 bridgehead atoms. The maximum absolute atomic E-state index is 12.1. The van der Waals surface area contributed by atoms with E-state index in [4.69, 9.17) is 29.6 Å². The van der Waals surface area contributed by atoms with Gasteiger partial charge >= 0.3 is 0 Å². The second kappa shape index (κ2) is 6.53. The normalized spacial score (nSPS) is 11.3. The van der Waals surface area contributed by atoms with E-state index in [2.05, 4.69) is 4.72 Å². The lowest BCUT2D eigenvalue weighted by Gasteiger charge is -2.08. The molecule has 2 aromatic carbocycles. The molecule has 21 heavy (non-hydrogen) atoms. The van der Waals surface area contributed by atoms with Crippen molar-refractivity contribution in [3.8, 4) is 0 Å². The van der Waals surface area contributed by atoms with Crippen LogP contribution in [-0.4, -0.2) is 13.4 Å². The Morgan fingerprint density at radius 3 is 2.43 bits per heavy atom. The van der Waals surface area contributed by atoms with Crippen molar-refractivity contribution in [3.63, 3.8) is 0 Å². The average Bonchev–Trinajstić information content (AvgIpc) is 2.45. The largest absolute Gasteiger partial charge is 0.389 e. The average molecular weight is 341 g/mol. The van der Waals surface area contributed by atoms with Crippen molar-refractivity contribution in [2.45, 2.75) is 11.4 Å². The summed E-state index contributed by atoms with van der Waals surface area (Å²) < 4.78 is 26.8. The number of sulfonamides is 1. The number of nitrogens with two attached hydrogens (primary N) is 1. The van der Waals surface area contributed by atoms with Gasteiger partial charge in [0.05, 0.1) is 4.90 Å². The molecule has 0 aromatic heterocycles. The SMILES string of the molecule is NC(=S)c1ccc(CNS(=O)(=O)c2cccc(Cl)c2)cc1. The third kappa shape index (κ3) is 4.25. The molecule has 0 heterocycles. The van der Waals surface area contributed by atoms with Gasteiger partial charge in [0, 0.05) is 17.1 Å². The van der Waals surface area contributed by atoms with Gasteiger partial charge in [0.2, 0.25) is 10.0 Å². The molecule has 7 heteroatoms. The molecule has 0 unspecified atom stereocenters. The summed E-state index contributed by atoms with van der Waals surface area (Å²) in [5, 5.41) is 0.374. The van der Waals surface area contributed by atoms with Crippen LogP contribution in [0.1, 0.15) is 11.1 Å². The molecule has 2 aromatic rings. The summed E-state index contributed by atoms with van der Waals surface area (Å²) in [6.07, 6.45) is 0. The predicted octanol–water partition coefficient (Wildman–Crippen LogP) is 2.45. The topological polar surface area (TPSA) is 72.2 Å². The van der Waals surface area contributed by atoms with Gasteiger partial charge in [-0.25, -0.2) is 13.1 Å². The highest BCUT2D eigenvalue weighted by molar-refractivity contribution is 7.89. The molecule has 4 nitrogen and oxygen atoms in total. The first kappa shape index (κ1) is 15.9. The summed E-state index contributed by atoms with van der Waals surface area (Å²) in [7, 11) is -3.59. The van der Waals surface area contributed by atoms with Gasteiger partial charge in [-0.05, 0) is 23.8 Å². The lowest BCUT2D eigenvalue weighted by Crippen LogP contribution is -2.23. The van der Waals surface area contributed by atoms with Crippen LogP contribution >= 0.6 is 23.8 Å². The van der Waals surface area contributed by atoms with Gasteiger partial charge < -0.3 is 5.73 Å². The van der Waals surface area contributed by atoms with Gasteiger partial charge in [-0.15, -0.1) is 0 Å². The van der Waals surface area contributed by atoms with E-state index in [-0.39, 0.29) is 11.4 Å². The summed E-state index contributed by atoms with van der Waals surface area (Å²) in [5.74, 6) is 0. The molecule has 3 N–H and O–H groups in total. The summed E-state index contributed by atoms with van der Waals surface area (Å²) in [6.45, 7) is 0.173. The van der Waals surface area contributed by atoms with E-state index in [1.165, 1.54) is 12.1 Å². The Morgan fingerprint density at radius 1 is 1.19 bits per heavy atom. The minimum atomic E-state index is -3.59. The fourth-order valence-corrected chi connectivity index (χ4v) is 3.14. The Hall–Kier alpha value is -1.47. The molecule has 0 amide bonds. The molecule has 0 aliphatic rings. The van der Waals surface area contributed by atoms with Gasteiger partial charge in [-0.2, -0.15) is 0 Å². The number of benzene rings is 2. The third-order valence-electron chi connectivity index (χ3n) is 2.81. The second-order valence-electron chi connectivity index (χ2n) is 4.34. The van der Waals surface area contributed by atoms with Crippen LogP contribution in [0.4, 0.5) is 0 Å². The zero-order chi connectivity index (χ0) is 15.5. The fourth-order valence-electron chi connectivity index (χ4n) is 1.68. The number of halogens is 1. The van der Waals surface area contributed by atoms with Gasteiger partial charge in [0.1, 0.15) is 4.99 Å². The standard InChI is InChI=1S/C14H13ClN2O2S2/c15-12-2-1-3-13(8-12)21(18,19)17-9-10-4-6-11(7-5-10)14(16)20/h1-8,17H,9H2,(H2,16,20). The maximum Gasteiger partial charge on any atom is 0.240 e. The van der Waals surface area contributed by atoms with Crippen molar-refractivity contribution in [2.24, 2.45) is 5.73 Å². The Bertz CT molecular complexity index is 759. The van der Waals surface area contributed by atoms with Gasteiger partial charge in [0.25, 0.3) is 0 Å². The van der Waals surface area contributed by atoms with E-state index in [0.717, 1.165) is 11.1 Å². The van der Waals surface area contributed by atoms with Gasteiger partial charge in [-0.3, -0.25) is 0 Å². The van der Waals surface area contributed by atoms with E-state index in [1.807, 2.05) is 0 Å². The van der Waals surface area contributed by atoms with Crippen molar-refractivity contribution in [2.75, 3.05) is 0 Å². The smallest absolute Gasteiger partial charge is 0.240 e. The highest BCUT2D eigenvalue weighted by atomic mass is 35.5. The molecule has 0 saturated heterocycles. The van der Waals surface area contributed by atoms with Crippen LogP contribution in [0.15, 0.2) is 53.4 Å². The number of hydrogen-bond acceptors (Lipinski definition) is 3. The molecule has 0 saturated carbocycles. The van der Waals surface area contributed by atoms with Crippen molar-refractivity contribution < 1.29 is 8.42 Å². The van der Waals surface area contributed by atoms with E-state index in [0.29, 0.717) is 10.0 Å². The molecule has 110 valence electrons. The maximum atomic E-state index is 12.1. The zero-order valence-electron chi connectivity index (χ0n) is 10.9. The first-order chi connectivity index (χ1) is 9.88. The highest BCUT2D eigenvalue weighted by Crippen LogP contribution is 2.15. The third-order valence-corrected chi connectivity index (χ3v) is 4.68. The molecular formula is C14H13ClN2O2S2. The van der Waals surface area contributed by atoms with Crippen LogP contribution < -0.4 is 10.5 Å². The number of hydrogen-bond donors (Lipinski definition) is 2. The number of thiocarbonyl (C=S) groups is 1. The zero-order valence-corrected chi connectivity index (χ0v) is 13.3. The summed E-state index contributed by atoms with van der Waals surface area (Å²) in [6, 6.07) is 13.2. The molecular weight excluding hydrogens is 328 g/mol. The Kier molecular flexibility index (Phi) is 4.95. The fraction of sp³-hybridized carbons (Fsp3) is 0.0714. The van der Waals surface area contributed by atoms with Crippen LogP contribution in [0, 0.1) is 0 Å². The predicted molar refractivity (Wildman–Crippen MR) is 87.8 cm³/mol. The second-order valence-corrected chi connectivity index (χ2v) is 6.99. The van der Waals surface area contributed by atoms with Crippen molar-refractivity contribution in [1.29, 1.82) is 0 Å². The van der Waals surface area contributed by atoms with Gasteiger partial charge in [-0.1, -0.05) is 54.2 Å². The Labute approximate surface area is 134 Å². The first-order valence-corrected chi connectivity index (χ1v) is 8.29. The molecule has 0 radical (unpaired) electrons. The van der Waals surface area contributed by atoms with E-state index < -0.39 is 10.0 Å². The lowest BCUT2D eigenvalue weighted by atomic mass is 10.1. The summed E-state index contributed by atoms with van der Waals surface area (Å²) in [5.41, 5.74) is 7.05. The number of nitrogens with one attached hydrogen (secondary N) is 1. The van der Waals surface area contributed by atoms with E-state index >= 15 is 0 Å². The van der Waals surface area contributed by atoms with Crippen LogP contribution in [0.25, 0.3) is 0 Å². The van der Waals surface area contributed by atoms with Gasteiger partial charge in [0.15, 0.2) is 0 Å². The lowest BCUT2D eigenvalue weighted by molar-refractivity contribution is 0.581. The van der Waals surface area contributed by atoms with Crippen LogP contribution in [0.3, 0.4) is 0 Å². The number of rotatable bonds is 5. The molecule has 0 atom stereocenters. The molecule has 0 aliphatic heterocycles. The monoisotopic (exact) mass is 340 g/mol. The van der Waals surface area contributed by atoms with Crippen molar-refractivity contribution >= 4 is 38.8 Å². The van der Waals surface area contributed by atoms with Crippen LogP contribution in [0.5, 0.6) is 0 Å². The summed E-state index contributed by atoms with van der Waals surface area (Å²) >= 11 is 10.7. The minimum Gasteiger partial charge on any atom is -0.389 e. The molecule has 2 rings (SSSR count). The quantitative estimate of drug-likeness (QED) is 0.820. The first-order valence-electron chi connectivity index (χ1n) is 6.02. The Morgan fingerprint density at radius 2 is 1.86 bits per heavy atom. The highest BCUT2D eigenvalue weighted by Gasteiger charge is 2.13. The molecule has 0 spiro atoms. The van der Waals surface area contributed by atoms with Crippen LogP contribution in [-0.2, 0) is 16.6 Å². The van der Waals surface area contributed by atoms with E-state index in [9.17, 15) is 8.42 Å². The minimum absolute atomic E-state index is 0.134. The van der Waals surface area contributed by atoms with Crippen molar-refractivity contribution in [1.82, 2.24) is 4.72 Å². The summed E-state index contributed by atoms with van der Waals surface area (Å²) in [4.78, 5) is 0.441. The Balaban J connectivity index is 2.10. The molecule has 0 aliphatic carbocycles. The van der Waals surface area contributed by atoms with E-state index in [1.54, 1.807) is 36.4 Å². The van der Waals surface area contributed by atoms with Crippen LogP contribution in [0.2, 0.25) is 5.02 Å². The molecule has 0 fully saturated rings.